The van der Waals surface area contributed by atoms with Crippen LogP contribution in [-0.4, -0.2) is 29.8 Å². The molecule has 4 nitrogen and oxygen atoms in total. The molecule has 0 aromatic carbocycles. The van der Waals surface area contributed by atoms with Crippen molar-refractivity contribution in [2.24, 2.45) is 5.92 Å². The molecule has 0 bridgehead atoms. The van der Waals surface area contributed by atoms with Crippen LogP contribution in [0.1, 0.15) is 67.2 Å². The Morgan fingerprint density at radius 1 is 1.25 bits per heavy atom. The molecule has 1 amide bonds. The van der Waals surface area contributed by atoms with Gasteiger partial charge >= 0.3 is 6.09 Å². The zero-order valence-corrected chi connectivity index (χ0v) is 14.0. The standard InChI is InChI=1S/C16H32N2O2/c1-7-16(8-2,11-17-12(3)13-9-10-13)18-14(19)20-15(4,5)6/h12-13,17H,7-11H2,1-6H3,(H,18,19). The van der Waals surface area contributed by atoms with E-state index in [-0.39, 0.29) is 11.6 Å². The highest BCUT2D eigenvalue weighted by molar-refractivity contribution is 5.68. The Balaban J connectivity index is 2.53. The van der Waals surface area contributed by atoms with Crippen molar-refractivity contribution in [3.05, 3.63) is 0 Å². The Kier molecular flexibility index (Phi) is 5.87. The summed E-state index contributed by atoms with van der Waals surface area (Å²) in [6.45, 7) is 12.9. The molecule has 0 radical (unpaired) electrons. The van der Waals surface area contributed by atoms with E-state index in [9.17, 15) is 4.79 Å². The third-order valence-corrected chi connectivity index (χ3v) is 4.21. The summed E-state index contributed by atoms with van der Waals surface area (Å²) in [7, 11) is 0. The monoisotopic (exact) mass is 284 g/mol. The summed E-state index contributed by atoms with van der Waals surface area (Å²) in [5.74, 6) is 0.822. The van der Waals surface area contributed by atoms with Crippen LogP contribution in [0.5, 0.6) is 0 Å². The van der Waals surface area contributed by atoms with Gasteiger partial charge in [-0.25, -0.2) is 4.79 Å². The molecule has 2 N–H and O–H groups in total. The number of nitrogens with one attached hydrogen (secondary N) is 2. The normalized spacial score (nSPS) is 17.7. The van der Waals surface area contributed by atoms with Crippen molar-refractivity contribution in [1.29, 1.82) is 0 Å². The quantitative estimate of drug-likeness (QED) is 0.753. The molecule has 1 atom stereocenters. The van der Waals surface area contributed by atoms with Crippen LogP contribution in [0.25, 0.3) is 0 Å². The number of carbonyl (C=O) groups is 1. The van der Waals surface area contributed by atoms with E-state index in [1.165, 1.54) is 12.8 Å². The summed E-state index contributed by atoms with van der Waals surface area (Å²) in [4.78, 5) is 12.0. The molecule has 1 unspecified atom stereocenters. The van der Waals surface area contributed by atoms with Crippen LogP contribution in [-0.2, 0) is 4.74 Å². The van der Waals surface area contributed by atoms with Crippen LogP contribution >= 0.6 is 0 Å². The largest absolute Gasteiger partial charge is 0.444 e. The van der Waals surface area contributed by atoms with Crippen molar-refractivity contribution in [2.45, 2.75) is 84.4 Å². The fraction of sp³-hybridized carbons (Fsp3) is 0.938. The van der Waals surface area contributed by atoms with Gasteiger partial charge in [-0.1, -0.05) is 13.8 Å². The number of hydrogen-bond donors (Lipinski definition) is 2. The van der Waals surface area contributed by atoms with E-state index in [2.05, 4.69) is 31.4 Å². The zero-order chi connectivity index (χ0) is 15.4. The lowest BCUT2D eigenvalue weighted by Crippen LogP contribution is -2.56. The molecular formula is C16H32N2O2. The van der Waals surface area contributed by atoms with Gasteiger partial charge in [-0.2, -0.15) is 0 Å². The molecule has 0 aromatic heterocycles. The molecule has 1 aliphatic rings. The second-order valence-corrected chi connectivity index (χ2v) is 7.12. The molecule has 1 rings (SSSR count). The number of carbonyl (C=O) groups excluding carboxylic acids is 1. The van der Waals surface area contributed by atoms with Crippen LogP contribution < -0.4 is 10.6 Å². The van der Waals surface area contributed by atoms with Gasteiger partial charge in [0.2, 0.25) is 0 Å². The van der Waals surface area contributed by atoms with Crippen molar-refractivity contribution in [3.8, 4) is 0 Å². The minimum atomic E-state index is -0.452. The van der Waals surface area contributed by atoms with E-state index in [0.29, 0.717) is 6.04 Å². The van der Waals surface area contributed by atoms with Crippen molar-refractivity contribution in [1.82, 2.24) is 10.6 Å². The predicted octanol–water partition coefficient (Wildman–Crippen LogP) is 3.46. The van der Waals surface area contributed by atoms with Crippen molar-refractivity contribution in [3.63, 3.8) is 0 Å². The summed E-state index contributed by atoms with van der Waals surface area (Å²) >= 11 is 0. The Morgan fingerprint density at radius 3 is 2.20 bits per heavy atom. The maximum atomic E-state index is 12.0. The number of ether oxygens (including phenoxy) is 1. The maximum absolute atomic E-state index is 12.0. The van der Waals surface area contributed by atoms with E-state index < -0.39 is 5.60 Å². The van der Waals surface area contributed by atoms with Crippen LogP contribution in [0.4, 0.5) is 4.79 Å². The van der Waals surface area contributed by atoms with Gasteiger partial charge in [-0.05, 0) is 59.3 Å². The highest BCUT2D eigenvalue weighted by atomic mass is 16.6. The van der Waals surface area contributed by atoms with Gasteiger partial charge in [0.25, 0.3) is 0 Å². The Morgan fingerprint density at radius 2 is 1.80 bits per heavy atom. The lowest BCUT2D eigenvalue weighted by Gasteiger charge is -2.35. The minimum Gasteiger partial charge on any atom is -0.444 e. The van der Waals surface area contributed by atoms with Crippen LogP contribution in [0, 0.1) is 5.92 Å². The molecule has 0 aromatic rings. The summed E-state index contributed by atoms with van der Waals surface area (Å²) in [5.41, 5.74) is -0.669. The SMILES string of the molecule is CCC(CC)(CNC(C)C1CC1)NC(=O)OC(C)(C)C. The highest BCUT2D eigenvalue weighted by Gasteiger charge is 2.33. The van der Waals surface area contributed by atoms with Gasteiger partial charge in [0.15, 0.2) is 0 Å². The number of alkyl carbamates (subject to hydrolysis) is 1. The fourth-order valence-electron chi connectivity index (χ4n) is 2.36. The summed E-state index contributed by atoms with van der Waals surface area (Å²) < 4.78 is 5.39. The number of hydrogen-bond acceptors (Lipinski definition) is 3. The minimum absolute atomic E-state index is 0.217. The average molecular weight is 284 g/mol. The van der Waals surface area contributed by atoms with Crippen molar-refractivity contribution < 1.29 is 9.53 Å². The first-order valence-electron chi connectivity index (χ1n) is 7.96. The number of rotatable bonds is 7. The molecule has 1 aliphatic carbocycles. The van der Waals surface area contributed by atoms with Crippen molar-refractivity contribution in [2.75, 3.05) is 6.54 Å². The molecule has 0 spiro atoms. The molecule has 4 heteroatoms. The van der Waals surface area contributed by atoms with E-state index >= 15 is 0 Å². The zero-order valence-electron chi connectivity index (χ0n) is 14.0. The fourth-order valence-corrected chi connectivity index (χ4v) is 2.36. The molecule has 20 heavy (non-hydrogen) atoms. The van der Waals surface area contributed by atoms with Gasteiger partial charge in [-0.3, -0.25) is 0 Å². The lowest BCUT2D eigenvalue weighted by atomic mass is 9.92. The first-order chi connectivity index (χ1) is 9.21. The van der Waals surface area contributed by atoms with Crippen LogP contribution in [0.2, 0.25) is 0 Å². The van der Waals surface area contributed by atoms with E-state index in [4.69, 9.17) is 4.74 Å². The Labute approximate surface area is 124 Å². The van der Waals surface area contributed by atoms with Gasteiger partial charge < -0.3 is 15.4 Å². The Hall–Kier alpha value is -0.770. The second kappa shape index (κ2) is 6.79. The van der Waals surface area contributed by atoms with Gasteiger partial charge in [0.05, 0.1) is 5.54 Å². The van der Waals surface area contributed by atoms with E-state index in [1.807, 2.05) is 20.8 Å². The average Bonchev–Trinajstić information content (AvgIpc) is 3.16. The molecular weight excluding hydrogens is 252 g/mol. The van der Waals surface area contributed by atoms with Crippen LogP contribution in [0.3, 0.4) is 0 Å². The maximum Gasteiger partial charge on any atom is 0.408 e. The summed E-state index contributed by atoms with van der Waals surface area (Å²) in [6.07, 6.45) is 4.14. The molecule has 1 fully saturated rings. The predicted molar refractivity (Wildman–Crippen MR) is 82.9 cm³/mol. The second-order valence-electron chi connectivity index (χ2n) is 7.12. The smallest absolute Gasteiger partial charge is 0.408 e. The van der Waals surface area contributed by atoms with E-state index in [1.54, 1.807) is 0 Å². The van der Waals surface area contributed by atoms with Gasteiger partial charge in [-0.15, -0.1) is 0 Å². The summed E-state index contributed by atoms with van der Waals surface area (Å²) in [6, 6.07) is 0.535. The van der Waals surface area contributed by atoms with Crippen LogP contribution in [0.15, 0.2) is 0 Å². The molecule has 1 saturated carbocycles. The Bertz CT molecular complexity index is 315. The third kappa shape index (κ3) is 5.70. The third-order valence-electron chi connectivity index (χ3n) is 4.21. The first kappa shape index (κ1) is 17.3. The summed E-state index contributed by atoms with van der Waals surface area (Å²) in [5, 5.41) is 6.66. The van der Waals surface area contributed by atoms with E-state index in [0.717, 1.165) is 25.3 Å². The van der Waals surface area contributed by atoms with Crippen molar-refractivity contribution >= 4 is 6.09 Å². The molecule has 0 aliphatic heterocycles. The lowest BCUT2D eigenvalue weighted by molar-refractivity contribution is 0.0444. The molecule has 118 valence electrons. The highest BCUT2D eigenvalue weighted by Crippen LogP contribution is 2.32. The topological polar surface area (TPSA) is 50.4 Å². The van der Waals surface area contributed by atoms with Gasteiger partial charge in [0.1, 0.15) is 5.60 Å². The number of amides is 1. The van der Waals surface area contributed by atoms with Gasteiger partial charge in [0, 0.05) is 12.6 Å². The molecule has 0 heterocycles. The first-order valence-corrected chi connectivity index (χ1v) is 7.96. The molecule has 0 saturated heterocycles.